The minimum atomic E-state index is -0.415. The fourth-order valence-electron chi connectivity index (χ4n) is 3.52. The zero-order valence-electron chi connectivity index (χ0n) is 15.0. The second-order valence-electron chi connectivity index (χ2n) is 6.52. The molecule has 2 heterocycles. The smallest absolute Gasteiger partial charge is 0.255 e. The summed E-state index contributed by atoms with van der Waals surface area (Å²) < 4.78 is 5.27. The van der Waals surface area contributed by atoms with Crippen LogP contribution in [0.5, 0.6) is 5.75 Å². The number of amides is 1. The number of carbonyl (C=O) groups is 1. The van der Waals surface area contributed by atoms with Crippen LogP contribution in [0.3, 0.4) is 0 Å². The van der Waals surface area contributed by atoms with Gasteiger partial charge in [0.1, 0.15) is 5.75 Å². The van der Waals surface area contributed by atoms with Crippen LogP contribution in [0.2, 0.25) is 0 Å². The van der Waals surface area contributed by atoms with Crippen LogP contribution in [-0.4, -0.2) is 34.6 Å². The summed E-state index contributed by atoms with van der Waals surface area (Å²) in [6.45, 7) is 0.326. The molecule has 0 radical (unpaired) electrons. The SMILES string of the molecule is COc1cccc(C(CO)N2Cc3ccc(-c4cccnc4)cc3C2=O)c1. The Morgan fingerprint density at radius 1 is 1.15 bits per heavy atom. The molecule has 136 valence electrons. The van der Waals surface area contributed by atoms with Crippen molar-refractivity contribution in [3.63, 3.8) is 0 Å². The van der Waals surface area contributed by atoms with Crippen LogP contribution in [-0.2, 0) is 6.54 Å². The van der Waals surface area contributed by atoms with Crippen molar-refractivity contribution in [3.05, 3.63) is 83.7 Å². The van der Waals surface area contributed by atoms with E-state index in [9.17, 15) is 9.90 Å². The second kappa shape index (κ2) is 7.21. The van der Waals surface area contributed by atoms with Gasteiger partial charge >= 0.3 is 0 Å². The highest BCUT2D eigenvalue weighted by atomic mass is 16.5. The van der Waals surface area contributed by atoms with Gasteiger partial charge in [0, 0.05) is 30.1 Å². The molecule has 1 unspecified atom stereocenters. The van der Waals surface area contributed by atoms with Gasteiger partial charge in [-0.15, -0.1) is 0 Å². The Hall–Kier alpha value is -3.18. The van der Waals surface area contributed by atoms with E-state index >= 15 is 0 Å². The predicted molar refractivity (Wildman–Crippen MR) is 102 cm³/mol. The average molecular weight is 360 g/mol. The summed E-state index contributed by atoms with van der Waals surface area (Å²) in [5, 5.41) is 9.99. The number of benzene rings is 2. The molecule has 4 rings (SSSR count). The van der Waals surface area contributed by atoms with Crippen LogP contribution < -0.4 is 4.74 Å². The van der Waals surface area contributed by atoms with Crippen molar-refractivity contribution < 1.29 is 14.6 Å². The molecule has 1 aliphatic rings. The number of hydrogen-bond donors (Lipinski definition) is 1. The summed E-state index contributed by atoms with van der Waals surface area (Å²) in [5.41, 5.74) is 4.43. The van der Waals surface area contributed by atoms with Gasteiger partial charge in [0.2, 0.25) is 0 Å². The van der Waals surface area contributed by atoms with Crippen LogP contribution in [0.1, 0.15) is 27.5 Å². The summed E-state index contributed by atoms with van der Waals surface area (Å²) in [6, 6.07) is 16.8. The van der Waals surface area contributed by atoms with E-state index in [0.717, 1.165) is 22.3 Å². The first-order chi connectivity index (χ1) is 13.2. The Balaban J connectivity index is 1.66. The molecule has 0 bridgehead atoms. The maximum Gasteiger partial charge on any atom is 0.255 e. The van der Waals surface area contributed by atoms with E-state index in [4.69, 9.17) is 4.74 Å². The largest absolute Gasteiger partial charge is 0.497 e. The van der Waals surface area contributed by atoms with Crippen LogP contribution in [0.15, 0.2) is 67.0 Å². The van der Waals surface area contributed by atoms with Crippen molar-refractivity contribution in [1.82, 2.24) is 9.88 Å². The fraction of sp³-hybridized carbons (Fsp3) is 0.182. The van der Waals surface area contributed by atoms with E-state index in [1.54, 1.807) is 24.4 Å². The molecule has 27 heavy (non-hydrogen) atoms. The molecular weight excluding hydrogens is 340 g/mol. The van der Waals surface area contributed by atoms with E-state index in [2.05, 4.69) is 4.98 Å². The minimum Gasteiger partial charge on any atom is -0.497 e. The molecule has 2 aromatic carbocycles. The normalized spacial score (nSPS) is 14.1. The number of aromatic nitrogens is 1. The highest BCUT2D eigenvalue weighted by Gasteiger charge is 2.33. The van der Waals surface area contributed by atoms with Crippen molar-refractivity contribution >= 4 is 5.91 Å². The van der Waals surface area contributed by atoms with Gasteiger partial charge in [0.05, 0.1) is 19.8 Å². The molecule has 5 heteroatoms. The summed E-state index contributed by atoms with van der Waals surface area (Å²) in [5.74, 6) is 0.631. The molecule has 1 amide bonds. The maximum atomic E-state index is 13.1. The molecule has 0 saturated carbocycles. The van der Waals surface area contributed by atoms with Gasteiger partial charge in [0.15, 0.2) is 0 Å². The first-order valence-electron chi connectivity index (χ1n) is 8.80. The summed E-state index contributed by atoms with van der Waals surface area (Å²) in [7, 11) is 1.60. The van der Waals surface area contributed by atoms with Gasteiger partial charge in [-0.1, -0.05) is 30.3 Å². The molecule has 1 aliphatic heterocycles. The lowest BCUT2D eigenvalue weighted by molar-refractivity contribution is 0.0615. The summed E-state index contributed by atoms with van der Waals surface area (Å²) >= 11 is 0. The monoisotopic (exact) mass is 360 g/mol. The third-order valence-corrected chi connectivity index (χ3v) is 4.96. The Morgan fingerprint density at radius 3 is 2.78 bits per heavy atom. The van der Waals surface area contributed by atoms with Crippen molar-refractivity contribution in [2.45, 2.75) is 12.6 Å². The number of aliphatic hydroxyl groups is 1. The number of ether oxygens (including phenoxy) is 1. The second-order valence-corrected chi connectivity index (χ2v) is 6.52. The van der Waals surface area contributed by atoms with E-state index in [-0.39, 0.29) is 12.5 Å². The number of fused-ring (bicyclic) bond motifs is 1. The predicted octanol–water partition coefficient (Wildman–Crippen LogP) is 3.45. The number of rotatable bonds is 5. The van der Waals surface area contributed by atoms with Crippen molar-refractivity contribution in [2.75, 3.05) is 13.7 Å². The van der Waals surface area contributed by atoms with E-state index in [0.29, 0.717) is 17.9 Å². The minimum absolute atomic E-state index is 0.0717. The number of nitrogens with zero attached hydrogens (tertiary/aromatic N) is 2. The van der Waals surface area contributed by atoms with Crippen LogP contribution in [0.4, 0.5) is 0 Å². The molecule has 1 atom stereocenters. The van der Waals surface area contributed by atoms with Gasteiger partial charge in [-0.2, -0.15) is 0 Å². The maximum absolute atomic E-state index is 13.1. The van der Waals surface area contributed by atoms with Crippen LogP contribution in [0, 0.1) is 0 Å². The topological polar surface area (TPSA) is 62.7 Å². The number of methoxy groups -OCH3 is 1. The molecule has 5 nitrogen and oxygen atoms in total. The quantitative estimate of drug-likeness (QED) is 0.757. The van der Waals surface area contributed by atoms with Gasteiger partial charge in [-0.25, -0.2) is 0 Å². The number of hydrogen-bond acceptors (Lipinski definition) is 4. The fourth-order valence-corrected chi connectivity index (χ4v) is 3.52. The van der Waals surface area contributed by atoms with E-state index in [1.165, 1.54) is 0 Å². The number of carbonyl (C=O) groups excluding carboxylic acids is 1. The van der Waals surface area contributed by atoms with Crippen molar-refractivity contribution in [1.29, 1.82) is 0 Å². The zero-order valence-corrected chi connectivity index (χ0v) is 15.0. The molecule has 1 aromatic heterocycles. The number of pyridine rings is 1. The first kappa shape index (κ1) is 17.2. The first-order valence-corrected chi connectivity index (χ1v) is 8.80. The van der Waals surface area contributed by atoms with Gasteiger partial charge in [0.25, 0.3) is 5.91 Å². The molecule has 3 aromatic rings. The summed E-state index contributed by atoms with van der Waals surface area (Å²) in [4.78, 5) is 18.9. The Kier molecular flexibility index (Phi) is 4.60. The highest BCUT2D eigenvalue weighted by Crippen LogP contribution is 2.34. The molecule has 0 aliphatic carbocycles. The molecule has 0 saturated heterocycles. The van der Waals surface area contributed by atoms with Crippen LogP contribution in [0.25, 0.3) is 11.1 Å². The Morgan fingerprint density at radius 2 is 2.04 bits per heavy atom. The highest BCUT2D eigenvalue weighted by molar-refractivity contribution is 5.99. The standard InChI is InChI=1S/C22H20N2O3/c1-27-19-6-2-4-16(10-19)21(14-25)24-13-18-8-7-15(11-20(18)22(24)26)17-5-3-9-23-12-17/h2-12,21,25H,13-14H2,1H3. The third-order valence-electron chi connectivity index (χ3n) is 4.96. The molecule has 1 N–H and O–H groups in total. The van der Waals surface area contributed by atoms with Gasteiger partial charge in [-0.3, -0.25) is 9.78 Å². The van der Waals surface area contributed by atoms with Crippen molar-refractivity contribution in [2.24, 2.45) is 0 Å². The molecular formula is C22H20N2O3. The van der Waals surface area contributed by atoms with E-state index in [1.807, 2.05) is 54.6 Å². The van der Waals surface area contributed by atoms with Crippen molar-refractivity contribution in [3.8, 4) is 16.9 Å². The Bertz CT molecular complexity index is 972. The molecule has 0 spiro atoms. The lowest BCUT2D eigenvalue weighted by atomic mass is 10.0. The third kappa shape index (κ3) is 3.17. The zero-order chi connectivity index (χ0) is 18.8. The Labute approximate surface area is 157 Å². The van der Waals surface area contributed by atoms with Gasteiger partial charge in [-0.05, 0) is 41.0 Å². The summed E-state index contributed by atoms with van der Waals surface area (Å²) in [6.07, 6.45) is 3.51. The molecule has 0 fully saturated rings. The van der Waals surface area contributed by atoms with E-state index < -0.39 is 6.04 Å². The average Bonchev–Trinajstić information content (AvgIpc) is 3.05. The number of aliphatic hydroxyl groups excluding tert-OH is 1. The van der Waals surface area contributed by atoms with Crippen LogP contribution >= 0.6 is 0 Å². The lowest BCUT2D eigenvalue weighted by Gasteiger charge is -2.26. The lowest BCUT2D eigenvalue weighted by Crippen LogP contribution is -2.31. The van der Waals surface area contributed by atoms with Gasteiger partial charge < -0.3 is 14.7 Å².